The molecule has 0 fully saturated rings. The maximum absolute atomic E-state index is 12.0. The van der Waals surface area contributed by atoms with E-state index in [1.807, 2.05) is 19.1 Å². The first-order chi connectivity index (χ1) is 11.8. The average molecular weight is 376 g/mol. The fraction of sp³-hybridized carbons (Fsp3) is 0.167. The number of nitrogens with one attached hydrogen (secondary N) is 3. The molecule has 2 rings (SSSR count). The SMILES string of the molecule is CC(=O)Nc1cc(NC(=S)NC(=O)Cc2ccc(Cl)cc2)ccc1C. The number of aryl methyl sites for hydroxylation is 1. The van der Waals surface area contributed by atoms with Gasteiger partial charge in [-0.15, -0.1) is 0 Å². The number of carbonyl (C=O) groups is 2. The number of hydrogen-bond acceptors (Lipinski definition) is 3. The summed E-state index contributed by atoms with van der Waals surface area (Å²) in [4.78, 5) is 23.3. The van der Waals surface area contributed by atoms with Crippen molar-refractivity contribution in [2.24, 2.45) is 0 Å². The van der Waals surface area contributed by atoms with Crippen molar-refractivity contribution in [3.63, 3.8) is 0 Å². The molecule has 0 aromatic heterocycles. The van der Waals surface area contributed by atoms with E-state index in [0.29, 0.717) is 16.4 Å². The molecule has 0 atom stereocenters. The zero-order chi connectivity index (χ0) is 18.4. The fourth-order valence-corrected chi connectivity index (χ4v) is 2.50. The normalized spacial score (nSPS) is 10.0. The standard InChI is InChI=1S/C18H18ClN3O2S/c1-11-3-8-15(10-16(11)20-12(2)23)21-18(25)22-17(24)9-13-4-6-14(19)7-5-13/h3-8,10H,9H2,1-2H3,(H,20,23)(H2,21,22,24,25). The molecule has 7 heteroatoms. The zero-order valence-corrected chi connectivity index (χ0v) is 15.4. The van der Waals surface area contributed by atoms with Crippen LogP contribution in [0, 0.1) is 6.92 Å². The Morgan fingerprint density at radius 3 is 2.40 bits per heavy atom. The van der Waals surface area contributed by atoms with Gasteiger partial charge < -0.3 is 16.0 Å². The number of benzene rings is 2. The third-order valence-corrected chi connectivity index (χ3v) is 3.79. The van der Waals surface area contributed by atoms with E-state index >= 15 is 0 Å². The summed E-state index contributed by atoms with van der Waals surface area (Å²) in [7, 11) is 0. The van der Waals surface area contributed by atoms with Gasteiger partial charge in [0, 0.05) is 23.3 Å². The van der Waals surface area contributed by atoms with Gasteiger partial charge in [0.15, 0.2) is 5.11 Å². The third kappa shape index (κ3) is 6.17. The van der Waals surface area contributed by atoms with Crippen molar-refractivity contribution in [2.75, 3.05) is 10.6 Å². The van der Waals surface area contributed by atoms with Gasteiger partial charge in [-0.25, -0.2) is 0 Å². The predicted molar refractivity (Wildman–Crippen MR) is 105 cm³/mol. The van der Waals surface area contributed by atoms with E-state index in [0.717, 1.165) is 11.1 Å². The first-order valence-electron chi connectivity index (χ1n) is 7.57. The fourth-order valence-electron chi connectivity index (χ4n) is 2.14. The first-order valence-corrected chi connectivity index (χ1v) is 8.35. The number of carbonyl (C=O) groups excluding carboxylic acids is 2. The summed E-state index contributed by atoms with van der Waals surface area (Å²) < 4.78 is 0. The van der Waals surface area contributed by atoms with Crippen LogP contribution in [0.4, 0.5) is 11.4 Å². The van der Waals surface area contributed by atoms with E-state index in [9.17, 15) is 9.59 Å². The van der Waals surface area contributed by atoms with Gasteiger partial charge in [0.1, 0.15) is 0 Å². The van der Waals surface area contributed by atoms with Gasteiger partial charge in [0.05, 0.1) is 6.42 Å². The highest BCUT2D eigenvalue weighted by Crippen LogP contribution is 2.20. The third-order valence-electron chi connectivity index (χ3n) is 3.34. The Morgan fingerprint density at radius 2 is 1.76 bits per heavy atom. The summed E-state index contributed by atoms with van der Waals surface area (Å²) in [6, 6.07) is 12.5. The van der Waals surface area contributed by atoms with Crippen molar-refractivity contribution < 1.29 is 9.59 Å². The molecule has 0 aliphatic rings. The van der Waals surface area contributed by atoms with Gasteiger partial charge in [0.25, 0.3) is 0 Å². The number of hydrogen-bond donors (Lipinski definition) is 3. The van der Waals surface area contributed by atoms with Crippen LogP contribution in [0.15, 0.2) is 42.5 Å². The minimum atomic E-state index is -0.228. The van der Waals surface area contributed by atoms with Crippen molar-refractivity contribution in [1.82, 2.24) is 5.32 Å². The molecular formula is C18H18ClN3O2S. The van der Waals surface area contributed by atoms with Gasteiger partial charge in [-0.2, -0.15) is 0 Å². The molecule has 2 aromatic rings. The molecule has 130 valence electrons. The highest BCUT2D eigenvalue weighted by molar-refractivity contribution is 7.80. The quantitative estimate of drug-likeness (QED) is 0.713. The lowest BCUT2D eigenvalue weighted by Crippen LogP contribution is -2.35. The average Bonchev–Trinajstić information content (AvgIpc) is 2.52. The molecule has 0 aliphatic heterocycles. The summed E-state index contributed by atoms with van der Waals surface area (Å²) in [5.41, 5.74) is 3.13. The Kier molecular flexibility index (Phi) is 6.50. The zero-order valence-electron chi connectivity index (χ0n) is 13.9. The van der Waals surface area contributed by atoms with E-state index in [1.165, 1.54) is 6.92 Å². The maximum Gasteiger partial charge on any atom is 0.230 e. The molecule has 0 radical (unpaired) electrons. The Morgan fingerprint density at radius 1 is 1.08 bits per heavy atom. The molecule has 2 aromatic carbocycles. The van der Waals surface area contributed by atoms with E-state index in [4.69, 9.17) is 23.8 Å². The molecule has 0 heterocycles. The van der Waals surface area contributed by atoms with E-state index in [1.54, 1.807) is 30.3 Å². The Balaban J connectivity index is 1.94. The monoisotopic (exact) mass is 375 g/mol. The van der Waals surface area contributed by atoms with Crippen LogP contribution in [0.1, 0.15) is 18.1 Å². The maximum atomic E-state index is 12.0. The van der Waals surface area contributed by atoms with Gasteiger partial charge in [-0.3, -0.25) is 9.59 Å². The highest BCUT2D eigenvalue weighted by atomic mass is 35.5. The summed E-state index contributed by atoms with van der Waals surface area (Å²) in [6.45, 7) is 3.34. The number of halogens is 1. The molecule has 0 saturated carbocycles. The summed E-state index contributed by atoms with van der Waals surface area (Å²) in [5, 5.41) is 9.12. The first kappa shape index (κ1) is 18.9. The van der Waals surface area contributed by atoms with Gasteiger partial charge in [0.2, 0.25) is 11.8 Å². The van der Waals surface area contributed by atoms with Crippen LogP contribution < -0.4 is 16.0 Å². The molecule has 0 spiro atoms. The topological polar surface area (TPSA) is 70.2 Å². The smallest absolute Gasteiger partial charge is 0.230 e. The van der Waals surface area contributed by atoms with Gasteiger partial charge in [-0.05, 0) is 54.5 Å². The van der Waals surface area contributed by atoms with Crippen molar-refractivity contribution in [3.8, 4) is 0 Å². The minimum absolute atomic E-state index is 0.154. The number of anilines is 2. The van der Waals surface area contributed by atoms with Crippen molar-refractivity contribution in [3.05, 3.63) is 58.6 Å². The second-order valence-electron chi connectivity index (χ2n) is 5.52. The highest BCUT2D eigenvalue weighted by Gasteiger charge is 2.08. The second kappa shape index (κ2) is 8.60. The van der Waals surface area contributed by atoms with Gasteiger partial charge in [-0.1, -0.05) is 29.8 Å². The lowest BCUT2D eigenvalue weighted by atomic mass is 10.1. The molecular weight excluding hydrogens is 358 g/mol. The van der Waals surface area contributed by atoms with E-state index in [-0.39, 0.29) is 23.3 Å². The van der Waals surface area contributed by atoms with Crippen LogP contribution in [-0.4, -0.2) is 16.9 Å². The molecule has 2 amide bonds. The molecule has 0 saturated heterocycles. The summed E-state index contributed by atoms with van der Waals surface area (Å²) in [6.07, 6.45) is 0.198. The van der Waals surface area contributed by atoms with E-state index < -0.39 is 0 Å². The predicted octanol–water partition coefficient (Wildman–Crippen LogP) is 3.66. The molecule has 25 heavy (non-hydrogen) atoms. The Bertz CT molecular complexity index is 806. The lowest BCUT2D eigenvalue weighted by Gasteiger charge is -2.12. The molecule has 0 bridgehead atoms. The molecule has 5 nitrogen and oxygen atoms in total. The number of thiocarbonyl (C=S) groups is 1. The van der Waals surface area contributed by atoms with Gasteiger partial charge >= 0.3 is 0 Å². The van der Waals surface area contributed by atoms with Crippen molar-refractivity contribution in [1.29, 1.82) is 0 Å². The number of amides is 2. The molecule has 0 aliphatic carbocycles. The lowest BCUT2D eigenvalue weighted by molar-refractivity contribution is -0.119. The minimum Gasteiger partial charge on any atom is -0.332 e. The Hall–Kier alpha value is -2.44. The van der Waals surface area contributed by atoms with Crippen molar-refractivity contribution >= 4 is 52.1 Å². The second-order valence-corrected chi connectivity index (χ2v) is 6.36. The molecule has 0 unspecified atom stereocenters. The van der Waals surface area contributed by atoms with Crippen LogP contribution in [-0.2, 0) is 16.0 Å². The molecule has 3 N–H and O–H groups in total. The van der Waals surface area contributed by atoms with Crippen LogP contribution in [0.25, 0.3) is 0 Å². The number of rotatable bonds is 4. The van der Waals surface area contributed by atoms with Crippen LogP contribution in [0.2, 0.25) is 5.02 Å². The van der Waals surface area contributed by atoms with Crippen molar-refractivity contribution in [2.45, 2.75) is 20.3 Å². The Labute approximate surface area is 156 Å². The largest absolute Gasteiger partial charge is 0.332 e. The van der Waals surface area contributed by atoms with Crippen LogP contribution >= 0.6 is 23.8 Å². The summed E-state index contributed by atoms with van der Waals surface area (Å²) >= 11 is 11.0. The van der Waals surface area contributed by atoms with Crippen LogP contribution in [0.5, 0.6) is 0 Å². The van der Waals surface area contributed by atoms with E-state index in [2.05, 4.69) is 16.0 Å². The van der Waals surface area contributed by atoms with Crippen LogP contribution in [0.3, 0.4) is 0 Å². The summed E-state index contributed by atoms with van der Waals surface area (Å²) in [5.74, 6) is -0.381.